The summed E-state index contributed by atoms with van der Waals surface area (Å²) in [5.74, 6) is 0.860. The molecule has 4 nitrogen and oxygen atoms in total. The normalized spacial score (nSPS) is 16.0. The van der Waals surface area contributed by atoms with Gasteiger partial charge in [0.15, 0.2) is 0 Å². The zero-order chi connectivity index (χ0) is 16.4. The summed E-state index contributed by atoms with van der Waals surface area (Å²) < 4.78 is 15.7. The van der Waals surface area contributed by atoms with E-state index >= 15 is 0 Å². The Hall–Kier alpha value is -2.17. The van der Waals surface area contributed by atoms with Crippen LogP contribution in [0.5, 0.6) is 0 Å². The molecule has 1 aromatic carbocycles. The number of fused-ring (bicyclic) bond motifs is 1. The van der Waals surface area contributed by atoms with E-state index < -0.39 is 0 Å². The summed E-state index contributed by atoms with van der Waals surface area (Å²) in [6, 6.07) is 4.99. The summed E-state index contributed by atoms with van der Waals surface area (Å²) in [5.41, 5.74) is 1.67. The van der Waals surface area contributed by atoms with Crippen LogP contribution in [0.2, 0.25) is 0 Å². The molecule has 122 valence electrons. The predicted molar refractivity (Wildman–Crippen MR) is 88.7 cm³/mol. The van der Waals surface area contributed by atoms with Gasteiger partial charge in [-0.2, -0.15) is 0 Å². The van der Waals surface area contributed by atoms with Crippen LogP contribution in [0, 0.1) is 12.7 Å². The van der Waals surface area contributed by atoms with Gasteiger partial charge in [0.1, 0.15) is 11.6 Å². The van der Waals surface area contributed by atoms with E-state index in [4.69, 9.17) is 0 Å². The molecule has 2 heterocycles. The summed E-state index contributed by atoms with van der Waals surface area (Å²) >= 11 is 0. The van der Waals surface area contributed by atoms with E-state index in [1.165, 1.54) is 6.07 Å². The maximum Gasteiger partial charge on any atom is 0.222 e. The highest BCUT2D eigenvalue weighted by Crippen LogP contribution is 2.29. The van der Waals surface area contributed by atoms with Gasteiger partial charge in [0.25, 0.3) is 0 Å². The first-order chi connectivity index (χ1) is 11.1. The Kier molecular flexibility index (Phi) is 4.46. The Bertz CT molecular complexity index is 729. The van der Waals surface area contributed by atoms with Gasteiger partial charge in [0, 0.05) is 25.6 Å². The first kappa shape index (κ1) is 15.7. The summed E-state index contributed by atoms with van der Waals surface area (Å²) in [5, 5.41) is 0. The Morgan fingerprint density at radius 3 is 2.87 bits per heavy atom. The molecule has 1 saturated heterocycles. The molecule has 1 aromatic heterocycles. The molecule has 0 atom stereocenters. The molecule has 1 aliphatic rings. The monoisotopic (exact) mass is 315 g/mol. The molecule has 1 amide bonds. The highest BCUT2D eigenvalue weighted by atomic mass is 19.1. The number of halogens is 1. The molecule has 5 heteroatoms. The van der Waals surface area contributed by atoms with Crippen LogP contribution < -0.4 is 0 Å². The Balaban J connectivity index is 1.75. The van der Waals surface area contributed by atoms with Gasteiger partial charge in [-0.05, 0) is 44.4 Å². The van der Waals surface area contributed by atoms with Crippen molar-refractivity contribution in [3.63, 3.8) is 0 Å². The highest BCUT2D eigenvalue weighted by Gasteiger charge is 2.25. The molecule has 1 aliphatic heterocycles. The van der Waals surface area contributed by atoms with Gasteiger partial charge in [-0.15, -0.1) is 6.58 Å². The number of aromatic nitrogens is 2. The van der Waals surface area contributed by atoms with Gasteiger partial charge >= 0.3 is 0 Å². The number of aryl methyl sites for hydroxylation is 1. The van der Waals surface area contributed by atoms with Crippen LogP contribution in [0.25, 0.3) is 11.0 Å². The lowest BCUT2D eigenvalue weighted by atomic mass is 10.0. The van der Waals surface area contributed by atoms with Crippen molar-refractivity contribution in [1.82, 2.24) is 14.5 Å². The molecule has 0 unspecified atom stereocenters. The van der Waals surface area contributed by atoms with Crippen molar-refractivity contribution >= 4 is 16.9 Å². The summed E-state index contributed by atoms with van der Waals surface area (Å²) in [6.45, 7) is 7.11. The molecule has 3 rings (SSSR count). The average Bonchev–Trinajstić information content (AvgIpc) is 2.88. The molecular weight excluding hydrogens is 293 g/mol. The second kappa shape index (κ2) is 6.52. The van der Waals surface area contributed by atoms with Crippen LogP contribution in [-0.4, -0.2) is 33.4 Å². The van der Waals surface area contributed by atoms with Crippen molar-refractivity contribution in [3.8, 4) is 0 Å². The predicted octanol–water partition coefficient (Wildman–Crippen LogP) is 3.61. The standard InChI is InChI=1S/C18H22FN3O/c1-3-4-5-18(23)21-10-8-15(9-11-21)22-13(2)20-16-7-6-14(19)12-17(16)22/h3,6-7,12,15H,1,4-5,8-11H2,2H3. The van der Waals surface area contributed by atoms with Crippen molar-refractivity contribution in [2.75, 3.05) is 13.1 Å². The van der Waals surface area contributed by atoms with Crippen LogP contribution in [-0.2, 0) is 4.79 Å². The number of benzene rings is 1. The number of allylic oxidation sites excluding steroid dienone is 1. The molecule has 0 bridgehead atoms. The van der Waals surface area contributed by atoms with Crippen molar-refractivity contribution in [1.29, 1.82) is 0 Å². The van der Waals surface area contributed by atoms with Crippen molar-refractivity contribution in [2.24, 2.45) is 0 Å². The van der Waals surface area contributed by atoms with E-state index in [1.54, 1.807) is 18.2 Å². The van der Waals surface area contributed by atoms with E-state index in [0.717, 1.165) is 49.2 Å². The van der Waals surface area contributed by atoms with E-state index in [9.17, 15) is 9.18 Å². The summed E-state index contributed by atoms with van der Waals surface area (Å²) in [4.78, 5) is 18.5. The first-order valence-electron chi connectivity index (χ1n) is 8.13. The summed E-state index contributed by atoms with van der Waals surface area (Å²) in [7, 11) is 0. The SMILES string of the molecule is C=CCCC(=O)N1CCC(n2c(C)nc3ccc(F)cc32)CC1. The highest BCUT2D eigenvalue weighted by molar-refractivity contribution is 5.77. The number of imidazole rings is 1. The van der Waals surface area contributed by atoms with Crippen LogP contribution >= 0.6 is 0 Å². The van der Waals surface area contributed by atoms with Crippen LogP contribution in [0.15, 0.2) is 30.9 Å². The minimum absolute atomic E-state index is 0.196. The number of rotatable bonds is 4. The minimum Gasteiger partial charge on any atom is -0.343 e. The van der Waals surface area contributed by atoms with Gasteiger partial charge in [0.05, 0.1) is 11.0 Å². The molecule has 0 spiro atoms. The van der Waals surface area contributed by atoms with Gasteiger partial charge in [-0.25, -0.2) is 9.37 Å². The number of carbonyl (C=O) groups is 1. The Morgan fingerprint density at radius 1 is 1.43 bits per heavy atom. The molecule has 2 aromatic rings. The fraction of sp³-hybridized carbons (Fsp3) is 0.444. The van der Waals surface area contributed by atoms with Crippen molar-refractivity contribution in [3.05, 3.63) is 42.5 Å². The molecule has 0 aliphatic carbocycles. The van der Waals surface area contributed by atoms with Crippen LogP contribution in [0.3, 0.4) is 0 Å². The second-order valence-electron chi connectivity index (χ2n) is 6.10. The third-order valence-corrected chi connectivity index (χ3v) is 4.57. The first-order valence-corrected chi connectivity index (χ1v) is 8.13. The van der Waals surface area contributed by atoms with Gasteiger partial charge in [-0.3, -0.25) is 4.79 Å². The zero-order valence-electron chi connectivity index (χ0n) is 13.5. The van der Waals surface area contributed by atoms with E-state index in [2.05, 4.69) is 16.1 Å². The second-order valence-corrected chi connectivity index (χ2v) is 6.10. The lowest BCUT2D eigenvalue weighted by Gasteiger charge is -2.33. The van der Waals surface area contributed by atoms with Gasteiger partial charge in [0.2, 0.25) is 5.91 Å². The topological polar surface area (TPSA) is 38.1 Å². The lowest BCUT2D eigenvalue weighted by molar-refractivity contribution is -0.132. The molecule has 1 fully saturated rings. The van der Waals surface area contributed by atoms with Crippen LogP contribution in [0.4, 0.5) is 4.39 Å². The van der Waals surface area contributed by atoms with Crippen molar-refractivity contribution in [2.45, 2.75) is 38.6 Å². The fourth-order valence-electron chi connectivity index (χ4n) is 3.40. The quantitative estimate of drug-likeness (QED) is 0.808. The van der Waals surface area contributed by atoms with Crippen LogP contribution in [0.1, 0.15) is 37.5 Å². The molecule has 0 N–H and O–H groups in total. The molecule has 0 saturated carbocycles. The Morgan fingerprint density at radius 2 is 2.17 bits per heavy atom. The largest absolute Gasteiger partial charge is 0.343 e. The van der Waals surface area contributed by atoms with Crippen molar-refractivity contribution < 1.29 is 9.18 Å². The number of amides is 1. The van der Waals surface area contributed by atoms with E-state index in [0.29, 0.717) is 6.42 Å². The molecule has 0 radical (unpaired) electrons. The number of hydrogen-bond acceptors (Lipinski definition) is 2. The summed E-state index contributed by atoms with van der Waals surface area (Å²) in [6.07, 6.45) is 4.79. The lowest BCUT2D eigenvalue weighted by Crippen LogP contribution is -2.39. The third-order valence-electron chi connectivity index (χ3n) is 4.57. The van der Waals surface area contributed by atoms with E-state index in [-0.39, 0.29) is 17.8 Å². The number of carbonyl (C=O) groups excluding carboxylic acids is 1. The number of hydrogen-bond donors (Lipinski definition) is 0. The number of likely N-dealkylation sites (tertiary alicyclic amines) is 1. The average molecular weight is 315 g/mol. The fourth-order valence-corrected chi connectivity index (χ4v) is 3.40. The van der Waals surface area contributed by atoms with Gasteiger partial charge in [-0.1, -0.05) is 6.08 Å². The molecular formula is C18H22FN3O. The van der Waals surface area contributed by atoms with E-state index in [1.807, 2.05) is 11.8 Å². The van der Waals surface area contributed by atoms with Gasteiger partial charge < -0.3 is 9.47 Å². The maximum absolute atomic E-state index is 13.6. The third kappa shape index (κ3) is 3.14. The number of piperidine rings is 1. The maximum atomic E-state index is 13.6. The minimum atomic E-state index is -0.240. The number of nitrogens with zero attached hydrogens (tertiary/aromatic N) is 3. The smallest absolute Gasteiger partial charge is 0.222 e. The molecule has 23 heavy (non-hydrogen) atoms. The zero-order valence-corrected chi connectivity index (χ0v) is 13.5. The Labute approximate surface area is 135 Å².